The molecule has 1 amide bonds. The topological polar surface area (TPSA) is 62.0 Å². The van der Waals surface area contributed by atoms with Crippen LogP contribution in [-0.2, 0) is 6.42 Å². The molecule has 0 aliphatic heterocycles. The van der Waals surface area contributed by atoms with Gasteiger partial charge in [0.05, 0.1) is 0 Å². The normalized spacial score (nSPS) is 16.4. The molecule has 104 valence electrons. The van der Waals surface area contributed by atoms with Gasteiger partial charge in [-0.25, -0.2) is 0 Å². The molecule has 1 aromatic rings. The molecule has 0 radical (unpaired) electrons. The zero-order chi connectivity index (χ0) is 14.2. The second-order valence-electron chi connectivity index (χ2n) is 5.76. The van der Waals surface area contributed by atoms with Gasteiger partial charge in [0.25, 0.3) is 5.91 Å². The predicted octanol–water partition coefficient (Wildman–Crippen LogP) is 2.62. The van der Waals surface area contributed by atoms with Crippen molar-refractivity contribution in [3.8, 4) is 0 Å². The van der Waals surface area contributed by atoms with Crippen molar-refractivity contribution in [3.05, 3.63) is 22.5 Å². The quantitative estimate of drug-likeness (QED) is 0.879. The van der Waals surface area contributed by atoms with Gasteiger partial charge in [-0.15, -0.1) is 0 Å². The van der Waals surface area contributed by atoms with Crippen LogP contribution in [-0.4, -0.2) is 22.7 Å². The molecule has 2 rings (SSSR count). The Balaban J connectivity index is 2.26. The van der Waals surface area contributed by atoms with Crippen LogP contribution >= 0.6 is 0 Å². The molecule has 1 aliphatic rings. The molecular weight excluding hydrogens is 240 g/mol. The number of hydrogen-bond donors (Lipinski definition) is 2. The Hall–Kier alpha value is -1.58. The lowest BCUT2D eigenvalue weighted by atomic mass is 9.93. The fourth-order valence-electron chi connectivity index (χ4n) is 2.45. The Morgan fingerprint density at radius 3 is 2.53 bits per heavy atom. The van der Waals surface area contributed by atoms with Crippen molar-refractivity contribution in [2.24, 2.45) is 5.92 Å². The lowest BCUT2D eigenvalue weighted by molar-refractivity contribution is 0.0924. The van der Waals surface area contributed by atoms with E-state index in [1.165, 1.54) is 0 Å². The van der Waals surface area contributed by atoms with Crippen molar-refractivity contribution in [2.45, 2.75) is 53.0 Å². The fraction of sp³-hybridized carbons (Fsp3) is 0.600. The monoisotopic (exact) mass is 262 g/mol. The van der Waals surface area contributed by atoms with Crippen molar-refractivity contribution < 1.29 is 9.59 Å². The van der Waals surface area contributed by atoms with Gasteiger partial charge in [0, 0.05) is 23.7 Å². The Morgan fingerprint density at radius 1 is 1.26 bits per heavy atom. The average molecular weight is 262 g/mol. The second-order valence-corrected chi connectivity index (χ2v) is 5.76. The Labute approximate surface area is 114 Å². The smallest absolute Gasteiger partial charge is 0.268 e. The zero-order valence-corrected chi connectivity index (χ0v) is 12.1. The number of carbonyl (C=O) groups excluding carboxylic acids is 2. The van der Waals surface area contributed by atoms with E-state index in [4.69, 9.17) is 0 Å². The van der Waals surface area contributed by atoms with Gasteiger partial charge < -0.3 is 10.3 Å². The van der Waals surface area contributed by atoms with E-state index < -0.39 is 0 Å². The third kappa shape index (κ3) is 2.57. The van der Waals surface area contributed by atoms with Gasteiger partial charge in [-0.1, -0.05) is 13.8 Å². The van der Waals surface area contributed by atoms with E-state index in [9.17, 15) is 9.59 Å². The van der Waals surface area contributed by atoms with Gasteiger partial charge in [-0.05, 0) is 38.2 Å². The number of aromatic amines is 1. The molecule has 1 aliphatic carbocycles. The van der Waals surface area contributed by atoms with Gasteiger partial charge in [0.1, 0.15) is 5.69 Å². The molecule has 2 N–H and O–H groups in total. The number of H-pyrrole nitrogens is 1. The number of carbonyl (C=O) groups is 2. The van der Waals surface area contributed by atoms with Crippen molar-refractivity contribution in [1.29, 1.82) is 0 Å². The van der Waals surface area contributed by atoms with E-state index in [1.807, 2.05) is 13.8 Å². The summed E-state index contributed by atoms with van der Waals surface area (Å²) in [5.74, 6) is 0.433. The first kappa shape index (κ1) is 13.8. The molecule has 0 spiro atoms. The molecule has 0 saturated carbocycles. The first-order valence-corrected chi connectivity index (χ1v) is 6.97. The van der Waals surface area contributed by atoms with Crippen LogP contribution in [0.15, 0.2) is 0 Å². The number of fused-ring (bicyclic) bond motifs is 1. The highest BCUT2D eigenvalue weighted by Gasteiger charge is 2.26. The van der Waals surface area contributed by atoms with Crippen molar-refractivity contribution >= 4 is 11.7 Å². The van der Waals surface area contributed by atoms with E-state index in [2.05, 4.69) is 24.1 Å². The number of amides is 1. The van der Waals surface area contributed by atoms with Crippen LogP contribution in [0.1, 0.15) is 65.7 Å². The molecule has 1 atom stereocenters. The molecule has 0 saturated heterocycles. The zero-order valence-electron chi connectivity index (χ0n) is 12.1. The molecule has 0 fully saturated rings. The molecule has 0 unspecified atom stereocenters. The summed E-state index contributed by atoms with van der Waals surface area (Å²) in [5, 5.41) is 2.98. The summed E-state index contributed by atoms with van der Waals surface area (Å²) in [7, 11) is 0. The van der Waals surface area contributed by atoms with Crippen LogP contribution in [0.25, 0.3) is 0 Å². The highest BCUT2D eigenvalue weighted by atomic mass is 16.2. The third-order valence-corrected chi connectivity index (χ3v) is 4.02. The van der Waals surface area contributed by atoms with Crippen LogP contribution in [0.3, 0.4) is 0 Å². The van der Waals surface area contributed by atoms with E-state index in [0.717, 1.165) is 29.7 Å². The minimum absolute atomic E-state index is 0.110. The van der Waals surface area contributed by atoms with E-state index in [0.29, 0.717) is 18.0 Å². The summed E-state index contributed by atoms with van der Waals surface area (Å²) < 4.78 is 0. The molecule has 0 aromatic carbocycles. The minimum Gasteiger partial charge on any atom is -0.354 e. The number of aryl methyl sites for hydroxylation is 1. The number of ketones is 1. The fourth-order valence-corrected chi connectivity index (χ4v) is 2.45. The third-order valence-electron chi connectivity index (χ3n) is 4.02. The molecule has 1 heterocycles. The van der Waals surface area contributed by atoms with Gasteiger partial charge >= 0.3 is 0 Å². The Bertz CT molecular complexity index is 514. The molecule has 1 aromatic heterocycles. The number of Topliss-reactive ketones (excluding diaryl/α,β-unsaturated/α-hetero) is 1. The summed E-state index contributed by atoms with van der Waals surface area (Å²) in [6.07, 6.45) is 2.32. The summed E-state index contributed by atoms with van der Waals surface area (Å²) in [5.41, 5.74) is 3.02. The highest BCUT2D eigenvalue weighted by molar-refractivity contribution is 6.04. The molecule has 19 heavy (non-hydrogen) atoms. The second kappa shape index (κ2) is 5.19. The van der Waals surface area contributed by atoms with Gasteiger partial charge in [-0.2, -0.15) is 0 Å². The Kier molecular flexibility index (Phi) is 3.78. The SMILES string of the molecule is Cc1c(C(=O)N[C@H](C)C(C)C)[nH]c2c1C(=O)CCC2. The van der Waals surface area contributed by atoms with Crippen LogP contribution in [0.4, 0.5) is 0 Å². The van der Waals surface area contributed by atoms with E-state index in [1.54, 1.807) is 0 Å². The lowest BCUT2D eigenvalue weighted by Gasteiger charge is -2.17. The van der Waals surface area contributed by atoms with Crippen molar-refractivity contribution in [3.63, 3.8) is 0 Å². The highest BCUT2D eigenvalue weighted by Crippen LogP contribution is 2.26. The molecule has 0 bridgehead atoms. The molecule has 4 nitrogen and oxygen atoms in total. The van der Waals surface area contributed by atoms with E-state index >= 15 is 0 Å². The van der Waals surface area contributed by atoms with Crippen LogP contribution in [0, 0.1) is 12.8 Å². The first-order chi connectivity index (χ1) is 8.91. The largest absolute Gasteiger partial charge is 0.354 e. The average Bonchev–Trinajstić information content (AvgIpc) is 2.68. The predicted molar refractivity (Wildman–Crippen MR) is 74.6 cm³/mol. The van der Waals surface area contributed by atoms with Crippen LogP contribution in [0.2, 0.25) is 0 Å². The summed E-state index contributed by atoms with van der Waals surface area (Å²) in [6, 6.07) is 0.114. The molecule has 4 heteroatoms. The van der Waals surface area contributed by atoms with Gasteiger partial charge in [0.15, 0.2) is 5.78 Å². The number of hydrogen-bond acceptors (Lipinski definition) is 2. The van der Waals surface area contributed by atoms with E-state index in [-0.39, 0.29) is 17.7 Å². The Morgan fingerprint density at radius 2 is 1.95 bits per heavy atom. The summed E-state index contributed by atoms with van der Waals surface area (Å²) >= 11 is 0. The van der Waals surface area contributed by atoms with Gasteiger partial charge in [-0.3, -0.25) is 9.59 Å². The lowest BCUT2D eigenvalue weighted by Crippen LogP contribution is -2.36. The maximum absolute atomic E-state index is 12.3. The van der Waals surface area contributed by atoms with Crippen LogP contribution < -0.4 is 5.32 Å². The summed E-state index contributed by atoms with van der Waals surface area (Å²) in [6.45, 7) is 7.99. The van der Waals surface area contributed by atoms with Gasteiger partial charge in [0.2, 0.25) is 0 Å². The number of nitrogens with one attached hydrogen (secondary N) is 2. The van der Waals surface area contributed by atoms with Crippen molar-refractivity contribution in [2.75, 3.05) is 0 Å². The number of aromatic nitrogens is 1. The first-order valence-electron chi connectivity index (χ1n) is 6.97. The van der Waals surface area contributed by atoms with Crippen molar-refractivity contribution in [1.82, 2.24) is 10.3 Å². The molecular formula is C15H22N2O2. The maximum Gasteiger partial charge on any atom is 0.268 e. The van der Waals surface area contributed by atoms with Crippen LogP contribution in [0.5, 0.6) is 0 Å². The maximum atomic E-state index is 12.3. The summed E-state index contributed by atoms with van der Waals surface area (Å²) in [4.78, 5) is 27.3. The minimum atomic E-state index is -0.110. The number of rotatable bonds is 3. The standard InChI is InChI=1S/C15H22N2O2/c1-8(2)10(4)16-15(19)14-9(3)13-11(17-14)6-5-7-12(13)18/h8,10,17H,5-7H2,1-4H3,(H,16,19)/t10-/m1/s1.